The van der Waals surface area contributed by atoms with Gasteiger partial charge >= 0.3 is 0 Å². The van der Waals surface area contributed by atoms with Crippen LogP contribution in [0, 0.1) is 6.92 Å². The van der Waals surface area contributed by atoms with Gasteiger partial charge in [-0.1, -0.05) is 24.3 Å². The molecule has 3 rings (SSSR count). The van der Waals surface area contributed by atoms with Crippen molar-refractivity contribution in [3.63, 3.8) is 0 Å². The molecule has 2 aromatic carbocycles. The van der Waals surface area contributed by atoms with E-state index in [-0.39, 0.29) is 11.7 Å². The fraction of sp³-hybridized carbons (Fsp3) is 0.333. The van der Waals surface area contributed by atoms with E-state index in [9.17, 15) is 9.59 Å². The van der Waals surface area contributed by atoms with Gasteiger partial charge in [-0.2, -0.15) is 11.8 Å². The second-order valence-electron chi connectivity index (χ2n) is 6.74. The van der Waals surface area contributed by atoms with Crippen molar-refractivity contribution in [3.05, 3.63) is 59.2 Å². The average Bonchev–Trinajstić information content (AvgIpc) is 2.69. The lowest BCUT2D eigenvalue weighted by atomic mass is 10.1. The molecule has 1 aliphatic rings. The van der Waals surface area contributed by atoms with Gasteiger partial charge in [-0.15, -0.1) is 11.8 Å². The van der Waals surface area contributed by atoms with Crippen LogP contribution in [0.1, 0.15) is 21.5 Å². The molecule has 0 radical (unpaired) electrons. The molecule has 0 unspecified atom stereocenters. The minimum Gasteiger partial charge on any atom is -0.369 e. The number of aryl methyl sites for hydroxylation is 1. The number of rotatable bonds is 7. The van der Waals surface area contributed by atoms with Crippen LogP contribution in [0.3, 0.4) is 0 Å². The molecular weight excluding hydrogens is 390 g/mol. The Morgan fingerprint density at radius 1 is 1.18 bits per heavy atom. The highest BCUT2D eigenvalue weighted by Crippen LogP contribution is 2.25. The third kappa shape index (κ3) is 5.77. The van der Waals surface area contributed by atoms with Gasteiger partial charge in [-0.3, -0.25) is 14.5 Å². The van der Waals surface area contributed by atoms with Gasteiger partial charge in [0.25, 0.3) is 5.91 Å². The summed E-state index contributed by atoms with van der Waals surface area (Å²) in [5.41, 5.74) is 8.88. The van der Waals surface area contributed by atoms with Crippen molar-refractivity contribution in [1.29, 1.82) is 0 Å². The second-order valence-corrected chi connectivity index (χ2v) is 8.98. The summed E-state index contributed by atoms with van der Waals surface area (Å²) < 4.78 is 0. The third-order valence-corrected chi connectivity index (χ3v) is 6.59. The lowest BCUT2D eigenvalue weighted by molar-refractivity contribution is -0.115. The minimum atomic E-state index is -0.404. The predicted octanol–water partition coefficient (Wildman–Crippen LogP) is 3.37. The van der Waals surface area contributed by atoms with Crippen molar-refractivity contribution in [2.45, 2.75) is 18.4 Å². The van der Waals surface area contributed by atoms with Gasteiger partial charge in [0, 0.05) is 41.7 Å². The van der Waals surface area contributed by atoms with Crippen LogP contribution in [0.5, 0.6) is 0 Å². The van der Waals surface area contributed by atoms with Gasteiger partial charge in [-0.25, -0.2) is 0 Å². The zero-order chi connectivity index (χ0) is 19.9. The van der Waals surface area contributed by atoms with Gasteiger partial charge in [0.2, 0.25) is 5.91 Å². The first kappa shape index (κ1) is 20.8. The molecule has 0 aromatic heterocycles. The lowest BCUT2D eigenvalue weighted by Gasteiger charge is -2.26. The number of nitrogens with zero attached hydrogens (tertiary/aromatic N) is 1. The molecule has 0 aliphatic carbocycles. The Balaban J connectivity index is 1.68. The van der Waals surface area contributed by atoms with Gasteiger partial charge in [0.05, 0.1) is 11.3 Å². The highest BCUT2D eigenvalue weighted by atomic mass is 32.2. The Labute approximate surface area is 174 Å². The van der Waals surface area contributed by atoms with Crippen LogP contribution in [-0.2, 0) is 11.3 Å². The molecule has 2 aromatic rings. The van der Waals surface area contributed by atoms with Gasteiger partial charge in [-0.05, 0) is 36.2 Å². The predicted molar refractivity (Wildman–Crippen MR) is 118 cm³/mol. The number of primary amides is 1. The summed E-state index contributed by atoms with van der Waals surface area (Å²) in [4.78, 5) is 27.1. The first-order chi connectivity index (χ1) is 13.5. The number of benzene rings is 2. The molecule has 0 atom stereocenters. The summed E-state index contributed by atoms with van der Waals surface area (Å²) in [6.45, 7) is 5.21. The standard InChI is InChI=1S/C21H25N3O2S2/c1-15-12-16(13-24-8-10-27-11-9-24)6-7-18(15)23-21(26)17-4-2-3-5-19(17)28-14-20(22)25/h2-7,12H,8-11,13-14H2,1H3,(H2,22,25)(H,23,26). The number of thioether (sulfide) groups is 2. The van der Waals surface area contributed by atoms with Crippen LogP contribution in [0.2, 0.25) is 0 Å². The molecule has 1 fully saturated rings. The van der Waals surface area contributed by atoms with E-state index < -0.39 is 5.91 Å². The summed E-state index contributed by atoms with van der Waals surface area (Å²) >= 11 is 3.29. The van der Waals surface area contributed by atoms with Crippen molar-refractivity contribution in [2.75, 3.05) is 35.7 Å². The van der Waals surface area contributed by atoms with Gasteiger partial charge in [0.15, 0.2) is 0 Å². The van der Waals surface area contributed by atoms with Gasteiger partial charge < -0.3 is 11.1 Å². The normalized spacial score (nSPS) is 14.6. The summed E-state index contributed by atoms with van der Waals surface area (Å²) in [5.74, 6) is 1.95. The molecule has 148 valence electrons. The number of carbonyl (C=O) groups is 2. The Morgan fingerprint density at radius 3 is 2.64 bits per heavy atom. The fourth-order valence-electron chi connectivity index (χ4n) is 3.10. The number of nitrogens with two attached hydrogens (primary N) is 1. The molecule has 1 saturated heterocycles. The zero-order valence-electron chi connectivity index (χ0n) is 15.9. The van der Waals surface area contributed by atoms with E-state index in [1.54, 1.807) is 6.07 Å². The van der Waals surface area contributed by atoms with E-state index in [4.69, 9.17) is 5.73 Å². The first-order valence-electron chi connectivity index (χ1n) is 9.24. The highest BCUT2D eigenvalue weighted by Gasteiger charge is 2.15. The molecule has 1 aliphatic heterocycles. The van der Waals surface area contributed by atoms with E-state index in [2.05, 4.69) is 22.3 Å². The second kappa shape index (κ2) is 10.0. The zero-order valence-corrected chi connectivity index (χ0v) is 17.6. The monoisotopic (exact) mass is 415 g/mol. The Kier molecular flexibility index (Phi) is 7.42. The van der Waals surface area contributed by atoms with Gasteiger partial charge in [0.1, 0.15) is 0 Å². The number of carbonyl (C=O) groups excluding carboxylic acids is 2. The Bertz CT molecular complexity index is 851. The van der Waals surface area contributed by atoms with Crippen LogP contribution in [0.4, 0.5) is 5.69 Å². The molecule has 28 heavy (non-hydrogen) atoms. The highest BCUT2D eigenvalue weighted by molar-refractivity contribution is 8.00. The quantitative estimate of drug-likeness (QED) is 0.678. The molecule has 3 N–H and O–H groups in total. The molecule has 0 bridgehead atoms. The van der Waals surface area contributed by atoms with E-state index >= 15 is 0 Å². The fourth-order valence-corrected chi connectivity index (χ4v) is 4.87. The number of amides is 2. The van der Waals surface area contributed by atoms with Crippen molar-refractivity contribution >= 4 is 41.0 Å². The maximum absolute atomic E-state index is 12.8. The van der Waals surface area contributed by atoms with E-state index in [1.807, 2.05) is 43.0 Å². The number of hydrogen-bond donors (Lipinski definition) is 2. The maximum atomic E-state index is 12.8. The van der Waals surface area contributed by atoms with Crippen molar-refractivity contribution in [2.24, 2.45) is 5.73 Å². The van der Waals surface area contributed by atoms with Crippen molar-refractivity contribution in [3.8, 4) is 0 Å². The Morgan fingerprint density at radius 2 is 1.93 bits per heavy atom. The lowest BCUT2D eigenvalue weighted by Crippen LogP contribution is -2.31. The molecule has 1 heterocycles. The summed E-state index contributed by atoms with van der Waals surface area (Å²) in [5, 5.41) is 3.00. The van der Waals surface area contributed by atoms with Crippen LogP contribution in [0.15, 0.2) is 47.4 Å². The van der Waals surface area contributed by atoms with E-state index in [0.29, 0.717) is 5.56 Å². The molecule has 0 spiro atoms. The van der Waals surface area contributed by atoms with Crippen LogP contribution < -0.4 is 11.1 Å². The van der Waals surface area contributed by atoms with Crippen LogP contribution in [0.25, 0.3) is 0 Å². The average molecular weight is 416 g/mol. The maximum Gasteiger partial charge on any atom is 0.256 e. The van der Waals surface area contributed by atoms with Crippen LogP contribution in [-0.4, -0.2) is 47.1 Å². The molecule has 5 nitrogen and oxygen atoms in total. The Hall–Kier alpha value is -1.96. The number of nitrogens with one attached hydrogen (secondary N) is 1. The summed E-state index contributed by atoms with van der Waals surface area (Å²) in [7, 11) is 0. The first-order valence-corrected chi connectivity index (χ1v) is 11.4. The molecular formula is C21H25N3O2S2. The largest absolute Gasteiger partial charge is 0.369 e. The SMILES string of the molecule is Cc1cc(CN2CCSCC2)ccc1NC(=O)c1ccccc1SCC(N)=O. The van der Waals surface area contributed by atoms with Crippen molar-refractivity contribution in [1.82, 2.24) is 4.90 Å². The van der Waals surface area contributed by atoms with Crippen LogP contribution >= 0.6 is 23.5 Å². The number of hydrogen-bond acceptors (Lipinski definition) is 5. The smallest absolute Gasteiger partial charge is 0.256 e. The third-order valence-electron chi connectivity index (χ3n) is 4.55. The minimum absolute atomic E-state index is 0.146. The molecule has 7 heteroatoms. The topological polar surface area (TPSA) is 75.4 Å². The number of anilines is 1. The van der Waals surface area contributed by atoms with E-state index in [0.717, 1.165) is 35.8 Å². The summed E-state index contributed by atoms with van der Waals surface area (Å²) in [6, 6.07) is 13.4. The summed E-state index contributed by atoms with van der Waals surface area (Å²) in [6.07, 6.45) is 0. The molecule has 2 amide bonds. The molecule has 0 saturated carbocycles. The van der Waals surface area contributed by atoms with E-state index in [1.165, 1.54) is 28.8 Å². The van der Waals surface area contributed by atoms with Crippen molar-refractivity contribution < 1.29 is 9.59 Å².